The molecule has 2 heterocycles. The topological polar surface area (TPSA) is 100 Å². The number of rotatable bonds is 6. The quantitative estimate of drug-likeness (QED) is 0.643. The number of fused-ring (bicyclic) bond motifs is 1. The molecule has 5 N–H and O–H groups in total. The SMILES string of the molecule is N[C@@H](Cc1cccc(CSC2Nc3ccccc3N2)n1)C(=O)O. The molecule has 2 aromatic rings. The Hall–Kier alpha value is -2.25. The number of hydrogen-bond acceptors (Lipinski definition) is 6. The fourth-order valence-electron chi connectivity index (χ4n) is 2.34. The molecule has 0 amide bonds. The van der Waals surface area contributed by atoms with Crippen molar-refractivity contribution >= 4 is 29.1 Å². The van der Waals surface area contributed by atoms with Crippen LogP contribution in [0.1, 0.15) is 11.4 Å². The zero-order valence-corrected chi connectivity index (χ0v) is 13.2. The van der Waals surface area contributed by atoms with E-state index in [0.29, 0.717) is 5.69 Å². The highest BCUT2D eigenvalue weighted by atomic mass is 32.2. The number of anilines is 2. The van der Waals surface area contributed by atoms with E-state index in [9.17, 15) is 4.79 Å². The van der Waals surface area contributed by atoms with E-state index in [0.717, 1.165) is 22.8 Å². The van der Waals surface area contributed by atoms with Gasteiger partial charge in [0.1, 0.15) is 11.5 Å². The number of hydrogen-bond donors (Lipinski definition) is 4. The lowest BCUT2D eigenvalue weighted by molar-refractivity contribution is -0.138. The van der Waals surface area contributed by atoms with Crippen LogP contribution < -0.4 is 16.4 Å². The van der Waals surface area contributed by atoms with Gasteiger partial charge in [-0.25, -0.2) is 0 Å². The molecule has 0 saturated carbocycles. The number of aromatic nitrogens is 1. The van der Waals surface area contributed by atoms with Crippen LogP contribution in [0.5, 0.6) is 0 Å². The molecule has 1 aliphatic rings. The fourth-order valence-corrected chi connectivity index (χ4v) is 3.26. The summed E-state index contributed by atoms with van der Waals surface area (Å²) in [4.78, 5) is 15.3. The van der Waals surface area contributed by atoms with Gasteiger partial charge in [-0.15, -0.1) is 11.8 Å². The number of nitrogens with one attached hydrogen (secondary N) is 2. The van der Waals surface area contributed by atoms with Gasteiger partial charge in [-0.3, -0.25) is 9.78 Å². The first kappa shape index (κ1) is 15.6. The Labute approximate surface area is 138 Å². The molecule has 3 rings (SSSR count). The van der Waals surface area contributed by atoms with Crippen molar-refractivity contribution in [3.05, 3.63) is 53.9 Å². The molecule has 23 heavy (non-hydrogen) atoms. The normalized spacial score (nSPS) is 14.7. The maximum atomic E-state index is 10.8. The molecule has 0 spiro atoms. The monoisotopic (exact) mass is 330 g/mol. The molecule has 0 unspecified atom stereocenters. The number of carboxylic acid groups (broad SMARTS) is 1. The minimum Gasteiger partial charge on any atom is -0.480 e. The second kappa shape index (κ2) is 6.89. The van der Waals surface area contributed by atoms with Gasteiger partial charge in [0, 0.05) is 17.9 Å². The highest BCUT2D eigenvalue weighted by Gasteiger charge is 2.19. The molecule has 0 saturated heterocycles. The summed E-state index contributed by atoms with van der Waals surface area (Å²) in [6.45, 7) is 0. The second-order valence-corrected chi connectivity index (χ2v) is 6.39. The van der Waals surface area contributed by atoms with Crippen LogP contribution in [-0.4, -0.2) is 27.6 Å². The van der Waals surface area contributed by atoms with Crippen molar-refractivity contribution < 1.29 is 9.90 Å². The summed E-state index contributed by atoms with van der Waals surface area (Å²) in [5.74, 6) is -0.293. The van der Waals surface area contributed by atoms with Crippen LogP contribution in [0.15, 0.2) is 42.5 Å². The third-order valence-corrected chi connectivity index (χ3v) is 4.54. The van der Waals surface area contributed by atoms with E-state index in [1.165, 1.54) is 0 Å². The Morgan fingerprint density at radius 1 is 1.17 bits per heavy atom. The zero-order valence-electron chi connectivity index (χ0n) is 12.4. The van der Waals surface area contributed by atoms with E-state index in [4.69, 9.17) is 10.8 Å². The van der Waals surface area contributed by atoms with Crippen molar-refractivity contribution in [1.29, 1.82) is 0 Å². The minimum absolute atomic E-state index is 0.0964. The molecular formula is C16H18N4O2S. The smallest absolute Gasteiger partial charge is 0.320 e. The summed E-state index contributed by atoms with van der Waals surface area (Å²) in [6, 6.07) is 12.8. The molecule has 0 aliphatic carbocycles. The molecule has 1 aromatic heterocycles. The van der Waals surface area contributed by atoms with Crippen LogP contribution in [0.2, 0.25) is 0 Å². The third-order valence-electron chi connectivity index (χ3n) is 3.51. The van der Waals surface area contributed by atoms with Crippen LogP contribution in [-0.2, 0) is 17.0 Å². The van der Waals surface area contributed by atoms with E-state index >= 15 is 0 Å². The molecule has 1 aromatic carbocycles. The highest BCUT2D eigenvalue weighted by molar-refractivity contribution is 7.99. The van der Waals surface area contributed by atoms with Gasteiger partial charge in [0.05, 0.1) is 17.1 Å². The number of carboxylic acids is 1. The van der Waals surface area contributed by atoms with E-state index < -0.39 is 12.0 Å². The second-order valence-electron chi connectivity index (χ2n) is 5.29. The molecule has 7 heteroatoms. The number of benzene rings is 1. The summed E-state index contributed by atoms with van der Waals surface area (Å²) in [5, 5.41) is 15.7. The van der Waals surface area contributed by atoms with Gasteiger partial charge in [-0.1, -0.05) is 18.2 Å². The van der Waals surface area contributed by atoms with Gasteiger partial charge in [-0.05, 0) is 24.3 Å². The lowest BCUT2D eigenvalue weighted by atomic mass is 10.1. The van der Waals surface area contributed by atoms with Crippen molar-refractivity contribution in [2.75, 3.05) is 10.6 Å². The number of nitrogens with two attached hydrogens (primary N) is 1. The highest BCUT2D eigenvalue weighted by Crippen LogP contribution is 2.32. The van der Waals surface area contributed by atoms with Crippen LogP contribution in [0, 0.1) is 0 Å². The lowest BCUT2D eigenvalue weighted by Gasteiger charge is -2.12. The Morgan fingerprint density at radius 3 is 2.48 bits per heavy atom. The summed E-state index contributed by atoms with van der Waals surface area (Å²) in [6.07, 6.45) is 0.235. The first-order valence-corrected chi connectivity index (χ1v) is 8.33. The average molecular weight is 330 g/mol. The fraction of sp³-hybridized carbons (Fsp3) is 0.250. The third kappa shape index (κ3) is 3.94. The Balaban J connectivity index is 1.56. The minimum atomic E-state index is -1.01. The van der Waals surface area contributed by atoms with Crippen molar-refractivity contribution in [3.8, 4) is 0 Å². The van der Waals surface area contributed by atoms with E-state index in [-0.39, 0.29) is 11.9 Å². The molecule has 1 aliphatic heterocycles. The first-order chi connectivity index (χ1) is 11.1. The molecule has 1 atom stereocenters. The Morgan fingerprint density at radius 2 is 1.83 bits per heavy atom. The molecule has 6 nitrogen and oxygen atoms in total. The number of aliphatic carboxylic acids is 1. The average Bonchev–Trinajstić information content (AvgIpc) is 2.96. The zero-order chi connectivity index (χ0) is 16.2. The summed E-state index contributed by atoms with van der Waals surface area (Å²) >= 11 is 1.70. The lowest BCUT2D eigenvalue weighted by Crippen LogP contribution is -2.32. The standard InChI is InChI=1S/C16H18N4O2S/c17-12(15(21)22)8-10-4-3-5-11(18-10)9-23-16-19-13-6-1-2-7-14(13)20-16/h1-7,12,16,19-20H,8-9,17H2,(H,21,22)/t12-/m0/s1. The Kier molecular flexibility index (Phi) is 4.68. The van der Waals surface area contributed by atoms with E-state index in [2.05, 4.69) is 15.6 Å². The van der Waals surface area contributed by atoms with Crippen LogP contribution in [0.25, 0.3) is 0 Å². The van der Waals surface area contributed by atoms with Crippen LogP contribution in [0.3, 0.4) is 0 Å². The van der Waals surface area contributed by atoms with Crippen LogP contribution >= 0.6 is 11.8 Å². The Bertz CT molecular complexity index is 685. The van der Waals surface area contributed by atoms with Crippen LogP contribution in [0.4, 0.5) is 11.4 Å². The maximum absolute atomic E-state index is 10.8. The molecule has 0 bridgehead atoms. The number of para-hydroxylation sites is 2. The van der Waals surface area contributed by atoms with Crippen molar-refractivity contribution in [1.82, 2.24) is 4.98 Å². The van der Waals surface area contributed by atoms with Gasteiger partial charge in [-0.2, -0.15) is 0 Å². The van der Waals surface area contributed by atoms with Crippen molar-refractivity contribution in [2.24, 2.45) is 5.73 Å². The van der Waals surface area contributed by atoms with Crippen molar-refractivity contribution in [3.63, 3.8) is 0 Å². The first-order valence-electron chi connectivity index (χ1n) is 7.29. The predicted molar refractivity (Wildman–Crippen MR) is 92.3 cm³/mol. The summed E-state index contributed by atoms with van der Waals surface area (Å²) in [5.41, 5.74) is 9.45. The van der Waals surface area contributed by atoms with Gasteiger partial charge in [0.2, 0.25) is 0 Å². The van der Waals surface area contributed by atoms with Gasteiger partial charge >= 0.3 is 5.97 Å². The van der Waals surface area contributed by atoms with Crippen molar-refractivity contribution in [2.45, 2.75) is 23.7 Å². The summed E-state index contributed by atoms with van der Waals surface area (Å²) < 4.78 is 0. The summed E-state index contributed by atoms with van der Waals surface area (Å²) in [7, 11) is 0. The predicted octanol–water partition coefficient (Wildman–Crippen LogP) is 2.09. The maximum Gasteiger partial charge on any atom is 0.320 e. The van der Waals surface area contributed by atoms with Gasteiger partial charge in [0.15, 0.2) is 0 Å². The molecule has 0 radical (unpaired) electrons. The number of thioether (sulfide) groups is 1. The largest absolute Gasteiger partial charge is 0.480 e. The van der Waals surface area contributed by atoms with Gasteiger partial charge < -0.3 is 21.5 Å². The number of nitrogens with zero attached hydrogens (tertiary/aromatic N) is 1. The molecule has 120 valence electrons. The molecular weight excluding hydrogens is 312 g/mol. The van der Waals surface area contributed by atoms with E-state index in [1.54, 1.807) is 17.8 Å². The number of pyridine rings is 1. The molecule has 0 fully saturated rings. The van der Waals surface area contributed by atoms with E-state index in [1.807, 2.05) is 36.4 Å². The number of carbonyl (C=O) groups is 1. The van der Waals surface area contributed by atoms with Gasteiger partial charge in [0.25, 0.3) is 0 Å².